The van der Waals surface area contributed by atoms with Crippen molar-refractivity contribution in [2.75, 3.05) is 0 Å². The lowest BCUT2D eigenvalue weighted by molar-refractivity contribution is 0.106. The van der Waals surface area contributed by atoms with Gasteiger partial charge in [-0.1, -0.05) is 41.4 Å². The molecule has 1 aromatic carbocycles. The van der Waals surface area contributed by atoms with Crippen molar-refractivity contribution in [3.05, 3.63) is 56.7 Å². The van der Waals surface area contributed by atoms with Crippen molar-refractivity contribution < 1.29 is 5.11 Å². The molecule has 0 bridgehead atoms. The van der Waals surface area contributed by atoms with E-state index >= 15 is 0 Å². The summed E-state index contributed by atoms with van der Waals surface area (Å²) >= 11 is 7.54. The molecule has 1 unspecified atom stereocenters. The van der Waals surface area contributed by atoms with Gasteiger partial charge in [-0.3, -0.25) is 0 Å². The van der Waals surface area contributed by atoms with Crippen LogP contribution in [0.3, 0.4) is 0 Å². The average Bonchev–Trinajstić information content (AvgIpc) is 2.65. The molecule has 0 saturated heterocycles. The third-order valence-corrected chi connectivity index (χ3v) is 4.19. The van der Waals surface area contributed by atoms with Gasteiger partial charge in [0.2, 0.25) is 0 Å². The first-order chi connectivity index (χ1) is 7.51. The van der Waals surface area contributed by atoms with E-state index in [9.17, 15) is 5.11 Å². The Morgan fingerprint density at radius 3 is 2.62 bits per heavy atom. The molecular formula is C13H13ClOS. The van der Waals surface area contributed by atoms with E-state index in [1.807, 2.05) is 42.6 Å². The molecule has 0 aliphatic heterocycles. The molecule has 0 saturated carbocycles. The Bertz CT molecular complexity index is 502. The van der Waals surface area contributed by atoms with E-state index in [-0.39, 0.29) is 0 Å². The maximum Gasteiger partial charge on any atom is 0.122 e. The zero-order chi connectivity index (χ0) is 11.8. The highest BCUT2D eigenvalue weighted by Gasteiger charge is 2.29. The van der Waals surface area contributed by atoms with Crippen LogP contribution in [0.25, 0.3) is 0 Å². The van der Waals surface area contributed by atoms with Gasteiger partial charge in [-0.05, 0) is 30.9 Å². The highest BCUT2D eigenvalue weighted by atomic mass is 35.5. The van der Waals surface area contributed by atoms with Crippen molar-refractivity contribution in [2.45, 2.75) is 19.4 Å². The molecule has 1 aromatic heterocycles. The van der Waals surface area contributed by atoms with Crippen LogP contribution < -0.4 is 0 Å². The predicted molar refractivity (Wildman–Crippen MR) is 69.2 cm³/mol. The Hall–Kier alpha value is -0.830. The summed E-state index contributed by atoms with van der Waals surface area (Å²) in [5.41, 5.74) is 0.986. The van der Waals surface area contributed by atoms with Crippen LogP contribution in [0, 0.1) is 6.92 Å². The molecule has 16 heavy (non-hydrogen) atoms. The second kappa shape index (κ2) is 4.21. The normalized spacial score (nSPS) is 14.8. The molecule has 1 nitrogen and oxygen atoms in total. The fourth-order valence-corrected chi connectivity index (χ4v) is 3.04. The first-order valence-electron chi connectivity index (χ1n) is 5.05. The van der Waals surface area contributed by atoms with Gasteiger partial charge in [-0.2, -0.15) is 0 Å². The molecule has 1 heterocycles. The maximum atomic E-state index is 10.6. The van der Waals surface area contributed by atoms with Gasteiger partial charge in [-0.15, -0.1) is 11.3 Å². The van der Waals surface area contributed by atoms with Crippen LogP contribution in [0.15, 0.2) is 35.7 Å². The first kappa shape index (κ1) is 11.6. The number of hydrogen-bond acceptors (Lipinski definition) is 2. The number of thiophene rings is 1. The van der Waals surface area contributed by atoms with Crippen molar-refractivity contribution in [2.24, 2.45) is 0 Å². The van der Waals surface area contributed by atoms with E-state index in [1.165, 1.54) is 11.3 Å². The van der Waals surface area contributed by atoms with Crippen LogP contribution in [0.4, 0.5) is 0 Å². The zero-order valence-corrected chi connectivity index (χ0v) is 10.8. The monoisotopic (exact) mass is 252 g/mol. The van der Waals surface area contributed by atoms with Crippen molar-refractivity contribution in [1.82, 2.24) is 0 Å². The van der Waals surface area contributed by atoms with Crippen LogP contribution in [0.1, 0.15) is 22.9 Å². The van der Waals surface area contributed by atoms with Crippen molar-refractivity contribution in [3.8, 4) is 0 Å². The van der Waals surface area contributed by atoms with E-state index < -0.39 is 5.60 Å². The summed E-state index contributed by atoms with van der Waals surface area (Å²) in [6.07, 6.45) is 0. The minimum atomic E-state index is -1.02. The first-order valence-corrected chi connectivity index (χ1v) is 6.30. The summed E-state index contributed by atoms with van der Waals surface area (Å²) in [6, 6.07) is 9.67. The zero-order valence-electron chi connectivity index (χ0n) is 9.20. The predicted octanol–water partition coefficient (Wildman–Crippen LogP) is 3.97. The average molecular weight is 253 g/mol. The third kappa shape index (κ3) is 2.01. The van der Waals surface area contributed by atoms with E-state index in [1.54, 1.807) is 6.92 Å². The third-order valence-electron chi connectivity index (χ3n) is 2.64. The highest BCUT2D eigenvalue weighted by Crippen LogP contribution is 2.37. The highest BCUT2D eigenvalue weighted by molar-refractivity contribution is 7.10. The van der Waals surface area contributed by atoms with E-state index in [0.29, 0.717) is 5.02 Å². The summed E-state index contributed by atoms with van der Waals surface area (Å²) in [5.74, 6) is 0. The molecule has 0 amide bonds. The summed E-state index contributed by atoms with van der Waals surface area (Å²) in [7, 11) is 0. The summed E-state index contributed by atoms with van der Waals surface area (Å²) in [5, 5.41) is 13.1. The summed E-state index contributed by atoms with van der Waals surface area (Å²) < 4.78 is 0. The Labute approximate surface area is 104 Å². The molecule has 84 valence electrons. The Kier molecular flexibility index (Phi) is 3.06. The quantitative estimate of drug-likeness (QED) is 0.858. The molecule has 0 fully saturated rings. The van der Waals surface area contributed by atoms with Gasteiger partial charge in [0.1, 0.15) is 5.60 Å². The fraction of sp³-hybridized carbons (Fsp3) is 0.231. The summed E-state index contributed by atoms with van der Waals surface area (Å²) in [6.45, 7) is 3.79. The Morgan fingerprint density at radius 1 is 1.31 bits per heavy atom. The number of aliphatic hydroxyl groups is 1. The van der Waals surface area contributed by atoms with Crippen LogP contribution in [-0.4, -0.2) is 5.11 Å². The minimum absolute atomic E-state index is 0.622. The Morgan fingerprint density at radius 2 is 2.06 bits per heavy atom. The van der Waals surface area contributed by atoms with Crippen molar-refractivity contribution >= 4 is 22.9 Å². The van der Waals surface area contributed by atoms with Gasteiger partial charge >= 0.3 is 0 Å². The second-order valence-electron chi connectivity index (χ2n) is 4.04. The van der Waals surface area contributed by atoms with Gasteiger partial charge in [0.25, 0.3) is 0 Å². The van der Waals surface area contributed by atoms with Gasteiger partial charge in [0.05, 0.1) is 9.90 Å². The lowest BCUT2D eigenvalue weighted by atomic mass is 9.93. The molecule has 0 spiro atoms. The molecule has 0 aliphatic rings. The topological polar surface area (TPSA) is 20.2 Å². The number of rotatable bonds is 2. The van der Waals surface area contributed by atoms with Crippen molar-refractivity contribution in [1.29, 1.82) is 0 Å². The smallest absolute Gasteiger partial charge is 0.122 e. The Balaban J connectivity index is 2.51. The molecule has 1 atom stereocenters. The number of benzene rings is 1. The lowest BCUT2D eigenvalue weighted by Crippen LogP contribution is -2.21. The van der Waals surface area contributed by atoms with Gasteiger partial charge in [0.15, 0.2) is 0 Å². The number of hydrogen-bond donors (Lipinski definition) is 1. The molecule has 3 heteroatoms. The van der Waals surface area contributed by atoms with Crippen LogP contribution in [-0.2, 0) is 5.60 Å². The van der Waals surface area contributed by atoms with Crippen molar-refractivity contribution in [3.63, 3.8) is 0 Å². The molecule has 2 rings (SSSR count). The van der Waals surface area contributed by atoms with E-state index in [0.717, 1.165) is 16.0 Å². The second-order valence-corrected chi connectivity index (χ2v) is 5.36. The fourth-order valence-electron chi connectivity index (χ4n) is 1.72. The molecule has 0 radical (unpaired) electrons. The summed E-state index contributed by atoms with van der Waals surface area (Å²) in [4.78, 5) is 0.791. The van der Waals surface area contributed by atoms with Gasteiger partial charge < -0.3 is 5.11 Å². The van der Waals surface area contributed by atoms with Crippen LogP contribution in [0.5, 0.6) is 0 Å². The standard InChI is InChI=1S/C13H13ClOS/c1-9-4-3-5-10(8-9)13(2,15)12-11(14)6-7-16-12/h3-8,15H,1-2H3. The van der Waals surface area contributed by atoms with Gasteiger partial charge in [0, 0.05) is 0 Å². The SMILES string of the molecule is Cc1cccc(C(C)(O)c2sccc2Cl)c1. The number of halogens is 1. The maximum absolute atomic E-state index is 10.6. The molecule has 1 N–H and O–H groups in total. The molecule has 2 aromatic rings. The van der Waals surface area contributed by atoms with Gasteiger partial charge in [-0.25, -0.2) is 0 Å². The lowest BCUT2D eigenvalue weighted by Gasteiger charge is -2.23. The largest absolute Gasteiger partial charge is 0.380 e. The number of aryl methyl sites for hydroxylation is 1. The van der Waals surface area contributed by atoms with Crippen LogP contribution >= 0.6 is 22.9 Å². The minimum Gasteiger partial charge on any atom is -0.380 e. The molecular weight excluding hydrogens is 240 g/mol. The van der Waals surface area contributed by atoms with E-state index in [2.05, 4.69) is 0 Å². The van der Waals surface area contributed by atoms with E-state index in [4.69, 9.17) is 11.6 Å². The molecule has 0 aliphatic carbocycles. The van der Waals surface area contributed by atoms with Crippen LogP contribution in [0.2, 0.25) is 5.02 Å².